The summed E-state index contributed by atoms with van der Waals surface area (Å²) < 4.78 is 5.22. The minimum atomic E-state index is 0.0187. The maximum atomic E-state index is 12.4. The van der Waals surface area contributed by atoms with Crippen LogP contribution in [-0.2, 0) is 14.3 Å². The largest absolute Gasteiger partial charge is 0.384 e. The zero-order valence-corrected chi connectivity index (χ0v) is 11.9. The van der Waals surface area contributed by atoms with E-state index in [0.717, 1.165) is 32.5 Å². The maximum Gasteiger partial charge on any atom is 0.229 e. The Kier molecular flexibility index (Phi) is 4.80. The fourth-order valence-corrected chi connectivity index (χ4v) is 2.95. The van der Waals surface area contributed by atoms with Crippen molar-refractivity contribution in [3.8, 4) is 0 Å². The summed E-state index contributed by atoms with van der Waals surface area (Å²) in [6, 6.07) is 0. The second kappa shape index (κ2) is 6.37. The van der Waals surface area contributed by atoms with E-state index in [-0.39, 0.29) is 17.7 Å². The number of ether oxygens (including phenoxy) is 1. The minimum absolute atomic E-state index is 0.0187. The molecule has 0 aliphatic carbocycles. The van der Waals surface area contributed by atoms with Crippen LogP contribution in [0.25, 0.3) is 0 Å². The third kappa shape index (κ3) is 3.47. The van der Waals surface area contributed by atoms with E-state index in [9.17, 15) is 9.59 Å². The second-order valence-corrected chi connectivity index (χ2v) is 5.72. The van der Waals surface area contributed by atoms with Crippen LogP contribution in [0.5, 0.6) is 0 Å². The number of hydrogen-bond donors (Lipinski definition) is 0. The molecule has 0 aromatic carbocycles. The lowest BCUT2D eigenvalue weighted by molar-refractivity contribution is -0.147. The van der Waals surface area contributed by atoms with Crippen LogP contribution in [0, 0.1) is 11.8 Å². The highest BCUT2D eigenvalue weighted by Gasteiger charge is 2.37. The highest BCUT2D eigenvalue weighted by atomic mass is 16.5. The molecule has 2 fully saturated rings. The summed E-state index contributed by atoms with van der Waals surface area (Å²) >= 11 is 0. The molecule has 2 aliphatic heterocycles. The van der Waals surface area contributed by atoms with Crippen LogP contribution in [0.4, 0.5) is 0 Å². The molecule has 5 heteroatoms. The van der Waals surface area contributed by atoms with Gasteiger partial charge in [0.15, 0.2) is 0 Å². The fraction of sp³-hybridized carbons (Fsp3) is 0.857. The number of carbonyl (C=O) groups is 2. The van der Waals surface area contributed by atoms with Crippen molar-refractivity contribution >= 4 is 11.8 Å². The molecule has 0 N–H and O–H groups in total. The van der Waals surface area contributed by atoms with E-state index < -0.39 is 0 Å². The van der Waals surface area contributed by atoms with Crippen molar-refractivity contribution in [1.82, 2.24) is 9.80 Å². The average Bonchev–Trinajstić information content (AvgIpc) is 2.52. The Morgan fingerprint density at radius 2 is 1.89 bits per heavy atom. The first-order valence-electron chi connectivity index (χ1n) is 7.15. The molecule has 0 radical (unpaired) electrons. The minimum Gasteiger partial charge on any atom is -0.384 e. The molecule has 2 aliphatic rings. The van der Waals surface area contributed by atoms with Gasteiger partial charge in [-0.05, 0) is 18.8 Å². The zero-order chi connectivity index (χ0) is 13.8. The molecule has 2 rings (SSSR count). The van der Waals surface area contributed by atoms with Crippen molar-refractivity contribution in [2.45, 2.75) is 26.2 Å². The standard InChI is InChI=1S/C14H24N2O3/c1-11(17)16-8-13(9-16)14(18)15-6-4-3-5-12(7-15)10-19-2/h12-13H,3-10H2,1-2H3. The van der Waals surface area contributed by atoms with Gasteiger partial charge < -0.3 is 14.5 Å². The van der Waals surface area contributed by atoms with E-state index >= 15 is 0 Å². The van der Waals surface area contributed by atoms with Gasteiger partial charge in [0.2, 0.25) is 11.8 Å². The van der Waals surface area contributed by atoms with E-state index in [4.69, 9.17) is 4.74 Å². The van der Waals surface area contributed by atoms with E-state index in [1.54, 1.807) is 18.9 Å². The zero-order valence-electron chi connectivity index (χ0n) is 11.9. The lowest BCUT2D eigenvalue weighted by atomic mass is 9.97. The van der Waals surface area contributed by atoms with Crippen molar-refractivity contribution in [2.75, 3.05) is 39.9 Å². The first-order valence-corrected chi connectivity index (χ1v) is 7.15. The van der Waals surface area contributed by atoms with Gasteiger partial charge in [0.25, 0.3) is 0 Å². The number of likely N-dealkylation sites (tertiary alicyclic amines) is 2. The van der Waals surface area contributed by atoms with Crippen molar-refractivity contribution in [2.24, 2.45) is 11.8 Å². The summed E-state index contributed by atoms with van der Waals surface area (Å²) in [5.74, 6) is 0.767. The Morgan fingerprint density at radius 1 is 1.16 bits per heavy atom. The number of methoxy groups -OCH3 is 1. The number of hydrogen-bond acceptors (Lipinski definition) is 3. The number of amides is 2. The molecule has 2 saturated heterocycles. The number of rotatable bonds is 3. The Bertz CT molecular complexity index is 340. The summed E-state index contributed by atoms with van der Waals surface area (Å²) in [5, 5.41) is 0. The highest BCUT2D eigenvalue weighted by Crippen LogP contribution is 2.22. The molecular formula is C14H24N2O3. The molecule has 2 heterocycles. The van der Waals surface area contributed by atoms with Crippen LogP contribution in [-0.4, -0.2) is 61.5 Å². The molecule has 0 bridgehead atoms. The Labute approximate surface area is 114 Å². The number of nitrogens with zero attached hydrogens (tertiary/aromatic N) is 2. The van der Waals surface area contributed by atoms with E-state index in [0.29, 0.717) is 19.0 Å². The molecule has 5 nitrogen and oxygen atoms in total. The van der Waals surface area contributed by atoms with Gasteiger partial charge in [-0.1, -0.05) is 6.42 Å². The van der Waals surface area contributed by atoms with Gasteiger partial charge >= 0.3 is 0 Å². The van der Waals surface area contributed by atoms with E-state index in [2.05, 4.69) is 0 Å². The van der Waals surface area contributed by atoms with Gasteiger partial charge in [-0.15, -0.1) is 0 Å². The molecule has 1 unspecified atom stereocenters. The van der Waals surface area contributed by atoms with E-state index in [1.807, 2.05) is 4.90 Å². The summed E-state index contributed by atoms with van der Waals surface area (Å²) in [5.41, 5.74) is 0. The quantitative estimate of drug-likeness (QED) is 0.758. The summed E-state index contributed by atoms with van der Waals surface area (Å²) in [4.78, 5) is 27.3. The normalized spacial score (nSPS) is 24.8. The summed E-state index contributed by atoms with van der Waals surface area (Å²) in [7, 11) is 1.72. The van der Waals surface area contributed by atoms with Gasteiger partial charge in [-0.2, -0.15) is 0 Å². The smallest absolute Gasteiger partial charge is 0.229 e. The molecule has 19 heavy (non-hydrogen) atoms. The van der Waals surface area contributed by atoms with Crippen LogP contribution in [0.2, 0.25) is 0 Å². The average molecular weight is 268 g/mol. The van der Waals surface area contributed by atoms with Crippen LogP contribution in [0.3, 0.4) is 0 Å². The third-order valence-electron chi connectivity index (χ3n) is 4.16. The second-order valence-electron chi connectivity index (χ2n) is 5.72. The van der Waals surface area contributed by atoms with Crippen molar-refractivity contribution in [3.63, 3.8) is 0 Å². The van der Waals surface area contributed by atoms with Gasteiger partial charge in [0.05, 0.1) is 12.5 Å². The monoisotopic (exact) mass is 268 g/mol. The lowest BCUT2D eigenvalue weighted by Gasteiger charge is -2.40. The Hall–Kier alpha value is -1.10. The van der Waals surface area contributed by atoms with Gasteiger partial charge in [-0.25, -0.2) is 0 Å². The molecule has 0 aromatic rings. The van der Waals surface area contributed by atoms with Crippen LogP contribution >= 0.6 is 0 Å². The molecular weight excluding hydrogens is 244 g/mol. The highest BCUT2D eigenvalue weighted by molar-refractivity contribution is 5.83. The van der Waals surface area contributed by atoms with Crippen LogP contribution in [0.1, 0.15) is 26.2 Å². The molecule has 108 valence electrons. The van der Waals surface area contributed by atoms with Crippen molar-refractivity contribution in [1.29, 1.82) is 0 Å². The first-order chi connectivity index (χ1) is 9.11. The third-order valence-corrected chi connectivity index (χ3v) is 4.16. The van der Waals surface area contributed by atoms with Gasteiger partial charge in [-0.3, -0.25) is 9.59 Å². The number of carbonyl (C=O) groups excluding carboxylic acids is 2. The maximum absolute atomic E-state index is 12.4. The van der Waals surface area contributed by atoms with Gasteiger partial charge in [0.1, 0.15) is 0 Å². The molecule has 0 saturated carbocycles. The Balaban J connectivity index is 1.86. The topological polar surface area (TPSA) is 49.9 Å². The van der Waals surface area contributed by atoms with Crippen molar-refractivity contribution in [3.05, 3.63) is 0 Å². The summed E-state index contributed by atoms with van der Waals surface area (Å²) in [6.45, 7) is 5.15. The SMILES string of the molecule is COCC1CCCCN(C(=O)C2CN(C(C)=O)C2)C1. The first kappa shape index (κ1) is 14.3. The van der Waals surface area contributed by atoms with E-state index in [1.165, 1.54) is 6.42 Å². The van der Waals surface area contributed by atoms with Crippen molar-refractivity contribution < 1.29 is 14.3 Å². The Morgan fingerprint density at radius 3 is 2.53 bits per heavy atom. The lowest BCUT2D eigenvalue weighted by Crippen LogP contribution is -2.56. The molecule has 0 spiro atoms. The molecule has 2 amide bonds. The predicted octanol–water partition coefficient (Wildman–Crippen LogP) is 0.740. The fourth-order valence-electron chi connectivity index (χ4n) is 2.95. The van der Waals surface area contributed by atoms with Crippen LogP contribution < -0.4 is 0 Å². The summed E-state index contributed by atoms with van der Waals surface area (Å²) in [6.07, 6.45) is 3.39. The van der Waals surface area contributed by atoms with Crippen LogP contribution in [0.15, 0.2) is 0 Å². The molecule has 0 aromatic heterocycles. The molecule has 1 atom stereocenters. The predicted molar refractivity (Wildman–Crippen MR) is 71.5 cm³/mol. The van der Waals surface area contributed by atoms with Gasteiger partial charge in [0, 0.05) is 40.2 Å².